The van der Waals surface area contributed by atoms with E-state index in [0.29, 0.717) is 38.5 Å². The van der Waals surface area contributed by atoms with E-state index in [2.05, 4.69) is 19.2 Å². The van der Waals surface area contributed by atoms with Crippen molar-refractivity contribution in [3.8, 4) is 0 Å². The van der Waals surface area contributed by atoms with Crippen molar-refractivity contribution in [1.82, 2.24) is 5.32 Å². The first-order valence-electron chi connectivity index (χ1n) is 6.44. The minimum absolute atomic E-state index is 0.0647. The number of aliphatic hydroxyl groups is 1. The monoisotopic (exact) mass is 245 g/mol. The van der Waals surface area contributed by atoms with Crippen molar-refractivity contribution < 1.29 is 14.6 Å². The van der Waals surface area contributed by atoms with Gasteiger partial charge in [0, 0.05) is 19.6 Å². The van der Waals surface area contributed by atoms with Gasteiger partial charge in [-0.05, 0) is 25.7 Å². The van der Waals surface area contributed by atoms with E-state index in [0.717, 1.165) is 6.42 Å². The summed E-state index contributed by atoms with van der Waals surface area (Å²) in [6, 6.07) is 0. The van der Waals surface area contributed by atoms with E-state index in [4.69, 9.17) is 4.74 Å². The predicted molar refractivity (Wildman–Crippen MR) is 68.8 cm³/mol. The molecule has 17 heavy (non-hydrogen) atoms. The van der Waals surface area contributed by atoms with Crippen LogP contribution in [0.1, 0.15) is 47.0 Å². The molecular formula is C13H27NO3. The van der Waals surface area contributed by atoms with Crippen LogP contribution in [0.3, 0.4) is 0 Å². The van der Waals surface area contributed by atoms with Crippen LogP contribution in [0.4, 0.5) is 0 Å². The van der Waals surface area contributed by atoms with Gasteiger partial charge >= 0.3 is 0 Å². The molecule has 0 bridgehead atoms. The average molecular weight is 245 g/mol. The highest BCUT2D eigenvalue weighted by Crippen LogP contribution is 2.14. The lowest BCUT2D eigenvalue weighted by atomic mass is 9.94. The molecule has 4 nitrogen and oxygen atoms in total. The molecule has 0 aromatic carbocycles. The van der Waals surface area contributed by atoms with Crippen molar-refractivity contribution in [2.75, 3.05) is 19.8 Å². The molecule has 0 aliphatic heterocycles. The Kier molecular flexibility index (Phi) is 8.17. The number of amides is 1. The first-order valence-corrected chi connectivity index (χ1v) is 6.44. The predicted octanol–water partition coefficient (Wildman–Crippen LogP) is 1.72. The molecule has 0 saturated heterocycles. The van der Waals surface area contributed by atoms with Crippen molar-refractivity contribution in [3.05, 3.63) is 0 Å². The maximum absolute atomic E-state index is 11.4. The summed E-state index contributed by atoms with van der Waals surface area (Å²) in [4.78, 5) is 11.4. The van der Waals surface area contributed by atoms with Crippen LogP contribution in [0, 0.1) is 5.92 Å². The van der Waals surface area contributed by atoms with Crippen LogP contribution in [-0.2, 0) is 9.53 Å². The van der Waals surface area contributed by atoms with E-state index in [1.165, 1.54) is 0 Å². The molecular weight excluding hydrogens is 218 g/mol. The molecule has 1 atom stereocenters. The standard InChI is InChI=1S/C13H27NO3/c1-5-7-17-8-6-12(15)14-10-13(4,16)9-11(2)3/h11,16H,5-10H2,1-4H3,(H,14,15). The molecule has 2 N–H and O–H groups in total. The summed E-state index contributed by atoms with van der Waals surface area (Å²) in [5.74, 6) is 0.347. The number of rotatable bonds is 9. The second kappa shape index (κ2) is 8.48. The molecule has 4 heteroatoms. The highest BCUT2D eigenvalue weighted by Gasteiger charge is 2.22. The van der Waals surface area contributed by atoms with E-state index in [9.17, 15) is 9.90 Å². The smallest absolute Gasteiger partial charge is 0.222 e. The fourth-order valence-corrected chi connectivity index (χ4v) is 1.74. The number of hydrogen-bond acceptors (Lipinski definition) is 3. The quantitative estimate of drug-likeness (QED) is 0.608. The van der Waals surface area contributed by atoms with E-state index >= 15 is 0 Å². The Morgan fingerprint density at radius 2 is 2.06 bits per heavy atom. The lowest BCUT2D eigenvalue weighted by Gasteiger charge is -2.25. The second-order valence-corrected chi connectivity index (χ2v) is 5.23. The maximum Gasteiger partial charge on any atom is 0.222 e. The lowest BCUT2D eigenvalue weighted by molar-refractivity contribution is -0.123. The van der Waals surface area contributed by atoms with Crippen LogP contribution in [0.2, 0.25) is 0 Å². The summed E-state index contributed by atoms with van der Waals surface area (Å²) < 4.78 is 5.23. The summed E-state index contributed by atoms with van der Waals surface area (Å²) in [6.07, 6.45) is 2.00. The van der Waals surface area contributed by atoms with Gasteiger partial charge in [0.05, 0.1) is 12.2 Å². The van der Waals surface area contributed by atoms with Gasteiger partial charge in [-0.25, -0.2) is 0 Å². The Hall–Kier alpha value is -0.610. The molecule has 1 unspecified atom stereocenters. The normalized spacial score (nSPS) is 14.7. The first-order chi connectivity index (χ1) is 7.87. The largest absolute Gasteiger partial charge is 0.388 e. The third-order valence-corrected chi connectivity index (χ3v) is 2.34. The molecule has 0 spiro atoms. The Labute approximate surface area is 105 Å². The van der Waals surface area contributed by atoms with Gasteiger partial charge in [-0.2, -0.15) is 0 Å². The molecule has 0 fully saturated rings. The Morgan fingerprint density at radius 3 is 2.59 bits per heavy atom. The minimum atomic E-state index is -0.825. The van der Waals surface area contributed by atoms with Crippen LogP contribution >= 0.6 is 0 Å². The SMILES string of the molecule is CCCOCCC(=O)NCC(C)(O)CC(C)C. The van der Waals surface area contributed by atoms with Crippen LogP contribution in [0.5, 0.6) is 0 Å². The van der Waals surface area contributed by atoms with Gasteiger partial charge in [0.1, 0.15) is 0 Å². The van der Waals surface area contributed by atoms with E-state index < -0.39 is 5.60 Å². The topological polar surface area (TPSA) is 58.6 Å². The molecule has 0 aliphatic rings. The van der Waals surface area contributed by atoms with Gasteiger partial charge in [-0.3, -0.25) is 4.79 Å². The second-order valence-electron chi connectivity index (χ2n) is 5.23. The van der Waals surface area contributed by atoms with Crippen molar-refractivity contribution in [2.45, 2.75) is 52.6 Å². The average Bonchev–Trinajstić information content (AvgIpc) is 2.20. The number of carbonyl (C=O) groups excluding carboxylic acids is 1. The van der Waals surface area contributed by atoms with Crippen LogP contribution in [0.15, 0.2) is 0 Å². The fourth-order valence-electron chi connectivity index (χ4n) is 1.74. The summed E-state index contributed by atoms with van der Waals surface area (Å²) in [7, 11) is 0. The number of hydrogen-bond donors (Lipinski definition) is 2. The molecule has 1 amide bonds. The van der Waals surface area contributed by atoms with E-state index in [1.807, 2.05) is 6.92 Å². The summed E-state index contributed by atoms with van der Waals surface area (Å²) in [6.45, 7) is 9.33. The fraction of sp³-hybridized carbons (Fsp3) is 0.923. The first kappa shape index (κ1) is 16.4. The van der Waals surface area contributed by atoms with Gasteiger partial charge in [-0.1, -0.05) is 20.8 Å². The van der Waals surface area contributed by atoms with Gasteiger partial charge < -0.3 is 15.2 Å². The van der Waals surface area contributed by atoms with Crippen LogP contribution in [0.25, 0.3) is 0 Å². The Bertz CT molecular complexity index is 215. The third kappa shape index (κ3) is 10.3. The molecule has 0 aliphatic carbocycles. The van der Waals surface area contributed by atoms with Crippen LogP contribution < -0.4 is 5.32 Å². The van der Waals surface area contributed by atoms with Gasteiger partial charge in [-0.15, -0.1) is 0 Å². The zero-order valence-corrected chi connectivity index (χ0v) is 11.6. The molecule has 0 saturated carbocycles. The molecule has 0 heterocycles. The molecule has 0 radical (unpaired) electrons. The Morgan fingerprint density at radius 1 is 1.41 bits per heavy atom. The van der Waals surface area contributed by atoms with Gasteiger partial charge in [0.25, 0.3) is 0 Å². The van der Waals surface area contributed by atoms with Gasteiger partial charge in [0.2, 0.25) is 5.91 Å². The number of nitrogens with one attached hydrogen (secondary N) is 1. The summed E-state index contributed by atoms with van der Waals surface area (Å²) >= 11 is 0. The van der Waals surface area contributed by atoms with Crippen molar-refractivity contribution >= 4 is 5.91 Å². The summed E-state index contributed by atoms with van der Waals surface area (Å²) in [5.41, 5.74) is -0.825. The van der Waals surface area contributed by atoms with E-state index in [1.54, 1.807) is 6.92 Å². The zero-order valence-electron chi connectivity index (χ0n) is 11.6. The highest BCUT2D eigenvalue weighted by atomic mass is 16.5. The third-order valence-electron chi connectivity index (χ3n) is 2.34. The maximum atomic E-state index is 11.4. The minimum Gasteiger partial charge on any atom is -0.388 e. The molecule has 102 valence electrons. The molecule has 0 rings (SSSR count). The lowest BCUT2D eigenvalue weighted by Crippen LogP contribution is -2.41. The highest BCUT2D eigenvalue weighted by molar-refractivity contribution is 5.76. The van der Waals surface area contributed by atoms with Gasteiger partial charge in [0.15, 0.2) is 0 Å². The van der Waals surface area contributed by atoms with Crippen LogP contribution in [-0.4, -0.2) is 36.4 Å². The van der Waals surface area contributed by atoms with Crippen molar-refractivity contribution in [1.29, 1.82) is 0 Å². The van der Waals surface area contributed by atoms with E-state index in [-0.39, 0.29) is 5.91 Å². The number of ether oxygens (including phenoxy) is 1. The van der Waals surface area contributed by atoms with Crippen molar-refractivity contribution in [2.24, 2.45) is 5.92 Å². The molecule has 0 aromatic rings. The Balaban J connectivity index is 3.68. The number of carbonyl (C=O) groups is 1. The van der Waals surface area contributed by atoms with Crippen molar-refractivity contribution in [3.63, 3.8) is 0 Å². The summed E-state index contributed by atoms with van der Waals surface area (Å²) in [5, 5.41) is 12.7. The molecule has 0 aromatic heterocycles. The zero-order chi connectivity index (χ0) is 13.3.